The summed E-state index contributed by atoms with van der Waals surface area (Å²) in [4.78, 5) is 12.4. The van der Waals surface area contributed by atoms with E-state index in [2.05, 4.69) is 44.0 Å². The van der Waals surface area contributed by atoms with Crippen molar-refractivity contribution in [3.8, 4) is 11.5 Å². The third kappa shape index (κ3) is 4.22. The molecule has 0 spiro atoms. The number of nitrogens with one attached hydrogen (secondary N) is 2. The number of hydrazine groups is 1. The SMILES string of the molecule is COc1ccc(C2CC3C(=O)NN=C(SCc4cccc(Br)c4)N3N2)cc1OC. The van der Waals surface area contributed by atoms with Gasteiger partial charge in [0.1, 0.15) is 6.04 Å². The van der Waals surface area contributed by atoms with Crippen LogP contribution in [0.25, 0.3) is 0 Å². The van der Waals surface area contributed by atoms with Crippen LogP contribution in [0.1, 0.15) is 23.6 Å². The van der Waals surface area contributed by atoms with Crippen LogP contribution < -0.4 is 20.3 Å². The van der Waals surface area contributed by atoms with Gasteiger partial charge in [0.15, 0.2) is 16.7 Å². The van der Waals surface area contributed by atoms with Gasteiger partial charge in [0.2, 0.25) is 0 Å². The second-order valence-electron chi connectivity index (χ2n) is 6.71. The molecule has 0 bridgehead atoms. The lowest BCUT2D eigenvalue weighted by Gasteiger charge is -2.29. The Bertz CT molecular complexity index is 955. The van der Waals surface area contributed by atoms with Gasteiger partial charge in [-0.25, -0.2) is 10.9 Å². The molecule has 0 aliphatic carbocycles. The first-order chi connectivity index (χ1) is 14.1. The Morgan fingerprint density at radius 3 is 2.79 bits per heavy atom. The highest BCUT2D eigenvalue weighted by Crippen LogP contribution is 2.36. The summed E-state index contributed by atoms with van der Waals surface area (Å²) >= 11 is 5.08. The van der Waals surface area contributed by atoms with Crippen LogP contribution in [-0.4, -0.2) is 36.3 Å². The van der Waals surface area contributed by atoms with Gasteiger partial charge in [-0.15, -0.1) is 5.10 Å². The Labute approximate surface area is 181 Å². The fourth-order valence-corrected chi connectivity index (χ4v) is 4.79. The van der Waals surface area contributed by atoms with Crippen LogP contribution in [0.2, 0.25) is 0 Å². The predicted molar refractivity (Wildman–Crippen MR) is 117 cm³/mol. The molecule has 2 aliphatic heterocycles. The first kappa shape index (κ1) is 20.1. The molecule has 2 aromatic rings. The number of carbonyl (C=O) groups excluding carboxylic acids is 1. The summed E-state index contributed by atoms with van der Waals surface area (Å²) in [6.45, 7) is 0. The van der Waals surface area contributed by atoms with Crippen molar-refractivity contribution in [3.05, 3.63) is 58.1 Å². The van der Waals surface area contributed by atoms with E-state index in [4.69, 9.17) is 9.47 Å². The van der Waals surface area contributed by atoms with Gasteiger partial charge < -0.3 is 9.47 Å². The number of nitrogens with zero attached hydrogens (tertiary/aromatic N) is 2. The molecular formula is C20H21BrN4O3S. The molecule has 0 aromatic heterocycles. The molecule has 29 heavy (non-hydrogen) atoms. The number of benzene rings is 2. The maximum absolute atomic E-state index is 12.4. The smallest absolute Gasteiger partial charge is 0.264 e. The molecule has 2 heterocycles. The molecule has 9 heteroatoms. The second kappa shape index (κ2) is 8.64. The lowest BCUT2D eigenvalue weighted by atomic mass is 10.0. The third-order valence-electron chi connectivity index (χ3n) is 4.90. The highest BCUT2D eigenvalue weighted by molar-refractivity contribution is 9.10. The van der Waals surface area contributed by atoms with Crippen LogP contribution in [0.15, 0.2) is 52.0 Å². The van der Waals surface area contributed by atoms with Gasteiger partial charge in [-0.2, -0.15) is 0 Å². The van der Waals surface area contributed by atoms with E-state index in [1.807, 2.05) is 35.3 Å². The summed E-state index contributed by atoms with van der Waals surface area (Å²) in [6, 6.07) is 13.6. The quantitative estimate of drug-likeness (QED) is 0.688. The van der Waals surface area contributed by atoms with Crippen molar-refractivity contribution in [1.29, 1.82) is 0 Å². The summed E-state index contributed by atoms with van der Waals surface area (Å²) in [6.07, 6.45) is 0.637. The Balaban J connectivity index is 1.50. The standard InChI is InChI=1S/C20H21BrN4O3S/c1-27-17-7-6-13(9-18(17)28-2)15-10-16-19(26)22-23-20(25(16)24-15)29-11-12-4-3-5-14(21)8-12/h3-9,15-16,24H,10-11H2,1-2H3,(H,22,26). The number of amidine groups is 1. The minimum atomic E-state index is -0.310. The largest absolute Gasteiger partial charge is 0.493 e. The van der Waals surface area contributed by atoms with E-state index in [1.54, 1.807) is 26.0 Å². The highest BCUT2D eigenvalue weighted by Gasteiger charge is 2.42. The van der Waals surface area contributed by atoms with E-state index >= 15 is 0 Å². The minimum Gasteiger partial charge on any atom is -0.493 e. The number of rotatable bonds is 5. The third-order valence-corrected chi connectivity index (χ3v) is 6.42. The number of hydrazone groups is 1. The van der Waals surface area contributed by atoms with E-state index < -0.39 is 0 Å². The topological polar surface area (TPSA) is 75.2 Å². The fraction of sp³-hybridized carbons (Fsp3) is 0.300. The van der Waals surface area contributed by atoms with E-state index in [9.17, 15) is 4.79 Å². The molecular weight excluding hydrogens is 456 g/mol. The van der Waals surface area contributed by atoms with Gasteiger partial charge in [-0.05, 0) is 41.8 Å². The van der Waals surface area contributed by atoms with Crippen molar-refractivity contribution < 1.29 is 14.3 Å². The van der Waals surface area contributed by atoms with Crippen LogP contribution in [0.4, 0.5) is 0 Å². The van der Waals surface area contributed by atoms with Gasteiger partial charge in [0, 0.05) is 10.2 Å². The maximum Gasteiger partial charge on any atom is 0.264 e. The van der Waals surface area contributed by atoms with E-state index in [-0.39, 0.29) is 18.0 Å². The summed E-state index contributed by atoms with van der Waals surface area (Å²) in [5.74, 6) is 1.99. The zero-order valence-corrected chi connectivity index (χ0v) is 18.4. The molecule has 0 saturated carbocycles. The van der Waals surface area contributed by atoms with Gasteiger partial charge >= 0.3 is 0 Å². The van der Waals surface area contributed by atoms with E-state index in [0.717, 1.165) is 21.0 Å². The molecule has 2 atom stereocenters. The van der Waals surface area contributed by atoms with Gasteiger partial charge in [0.05, 0.1) is 20.3 Å². The average molecular weight is 477 g/mol. The lowest BCUT2D eigenvalue weighted by Crippen LogP contribution is -2.52. The van der Waals surface area contributed by atoms with E-state index in [0.29, 0.717) is 17.9 Å². The molecule has 1 fully saturated rings. The number of thioether (sulfide) groups is 1. The predicted octanol–water partition coefficient (Wildman–Crippen LogP) is 3.42. The number of carbonyl (C=O) groups is 1. The molecule has 1 amide bonds. The fourth-order valence-electron chi connectivity index (χ4n) is 3.44. The van der Waals surface area contributed by atoms with Crippen LogP contribution in [0.3, 0.4) is 0 Å². The van der Waals surface area contributed by atoms with Crippen molar-refractivity contribution in [3.63, 3.8) is 0 Å². The van der Waals surface area contributed by atoms with Crippen molar-refractivity contribution >= 4 is 38.8 Å². The van der Waals surface area contributed by atoms with Crippen LogP contribution in [0.5, 0.6) is 11.5 Å². The van der Waals surface area contributed by atoms with Crippen molar-refractivity contribution in [2.45, 2.75) is 24.3 Å². The molecule has 2 unspecified atom stereocenters. The summed E-state index contributed by atoms with van der Waals surface area (Å²) in [5, 5.41) is 6.89. The van der Waals surface area contributed by atoms with E-state index in [1.165, 1.54) is 5.56 Å². The normalized spacial score (nSPS) is 20.7. The molecule has 1 saturated heterocycles. The summed E-state index contributed by atoms with van der Waals surface area (Å²) < 4.78 is 11.8. The number of hydrogen-bond acceptors (Lipinski definition) is 7. The first-order valence-electron chi connectivity index (χ1n) is 9.11. The van der Waals surface area contributed by atoms with Crippen molar-refractivity contribution in [2.75, 3.05) is 14.2 Å². The summed E-state index contributed by atoms with van der Waals surface area (Å²) in [7, 11) is 3.23. The monoisotopic (exact) mass is 476 g/mol. The average Bonchev–Trinajstić information content (AvgIpc) is 3.19. The Hall–Kier alpha value is -2.23. The number of amides is 1. The molecule has 2 N–H and O–H groups in total. The number of methoxy groups -OCH3 is 2. The minimum absolute atomic E-state index is 0.0275. The molecule has 2 aliphatic rings. The zero-order valence-electron chi connectivity index (χ0n) is 16.0. The second-order valence-corrected chi connectivity index (χ2v) is 8.56. The van der Waals surface area contributed by atoms with Crippen LogP contribution in [0, 0.1) is 0 Å². The molecule has 0 radical (unpaired) electrons. The number of ether oxygens (including phenoxy) is 2. The van der Waals surface area contributed by atoms with Gasteiger partial charge in [-0.1, -0.05) is 45.9 Å². The Kier molecular flexibility index (Phi) is 5.98. The van der Waals surface area contributed by atoms with Gasteiger partial charge in [-0.3, -0.25) is 9.80 Å². The van der Waals surface area contributed by atoms with Crippen LogP contribution in [-0.2, 0) is 10.5 Å². The number of fused-ring (bicyclic) bond motifs is 1. The van der Waals surface area contributed by atoms with Crippen molar-refractivity contribution in [1.82, 2.24) is 15.9 Å². The zero-order chi connectivity index (χ0) is 20.4. The number of hydrogen-bond donors (Lipinski definition) is 2. The highest BCUT2D eigenvalue weighted by atomic mass is 79.9. The summed E-state index contributed by atoms with van der Waals surface area (Å²) in [5.41, 5.74) is 8.30. The maximum atomic E-state index is 12.4. The molecule has 2 aromatic carbocycles. The molecule has 7 nitrogen and oxygen atoms in total. The Morgan fingerprint density at radius 2 is 2.03 bits per heavy atom. The number of halogens is 1. The van der Waals surface area contributed by atoms with Crippen LogP contribution >= 0.6 is 27.7 Å². The molecule has 152 valence electrons. The first-order valence-corrected chi connectivity index (χ1v) is 10.9. The van der Waals surface area contributed by atoms with Crippen molar-refractivity contribution in [2.24, 2.45) is 5.10 Å². The Morgan fingerprint density at radius 1 is 1.21 bits per heavy atom. The van der Waals surface area contributed by atoms with Gasteiger partial charge in [0.25, 0.3) is 5.91 Å². The lowest BCUT2D eigenvalue weighted by molar-refractivity contribution is -0.125. The molecule has 4 rings (SSSR count).